The summed E-state index contributed by atoms with van der Waals surface area (Å²) in [5, 5.41) is 3.56. The number of benzene rings is 1. The Morgan fingerprint density at radius 2 is 1.81 bits per heavy atom. The Morgan fingerprint density at radius 3 is 2.29 bits per heavy atom. The summed E-state index contributed by atoms with van der Waals surface area (Å²) in [5.74, 6) is -0.375. The van der Waals surface area contributed by atoms with Crippen molar-refractivity contribution in [1.82, 2.24) is 4.90 Å². The number of piperidine rings is 1. The van der Waals surface area contributed by atoms with E-state index >= 15 is 0 Å². The number of amides is 1. The molecule has 0 aliphatic carbocycles. The summed E-state index contributed by atoms with van der Waals surface area (Å²) in [4.78, 5) is 13.7. The third-order valence-electron chi connectivity index (χ3n) is 4.53. The monoisotopic (exact) mass is 289 g/mol. The van der Waals surface area contributed by atoms with E-state index in [9.17, 15) is 4.79 Å². The summed E-state index contributed by atoms with van der Waals surface area (Å²) in [6.07, 6.45) is 4.83. The van der Waals surface area contributed by atoms with Crippen LogP contribution in [0, 0.1) is 0 Å². The molecule has 1 heterocycles. The van der Waals surface area contributed by atoms with E-state index in [1.54, 1.807) is 12.1 Å². The van der Waals surface area contributed by atoms with Crippen molar-refractivity contribution in [2.45, 2.75) is 51.6 Å². The van der Waals surface area contributed by atoms with E-state index in [-0.39, 0.29) is 5.91 Å². The number of anilines is 1. The van der Waals surface area contributed by atoms with Crippen LogP contribution in [0.3, 0.4) is 0 Å². The zero-order valence-corrected chi connectivity index (χ0v) is 13.1. The molecule has 2 rings (SSSR count). The van der Waals surface area contributed by atoms with Crippen molar-refractivity contribution in [3.05, 3.63) is 29.8 Å². The van der Waals surface area contributed by atoms with Crippen molar-refractivity contribution < 1.29 is 4.79 Å². The van der Waals surface area contributed by atoms with Gasteiger partial charge in [0.1, 0.15) is 0 Å². The van der Waals surface area contributed by atoms with Crippen LogP contribution in [0.1, 0.15) is 49.9 Å². The van der Waals surface area contributed by atoms with E-state index in [0.29, 0.717) is 11.6 Å². The van der Waals surface area contributed by atoms with Gasteiger partial charge in [-0.2, -0.15) is 0 Å². The van der Waals surface area contributed by atoms with E-state index < -0.39 is 0 Å². The second-order valence-electron chi connectivity index (χ2n) is 5.87. The van der Waals surface area contributed by atoms with E-state index in [1.807, 2.05) is 12.1 Å². The molecule has 3 N–H and O–H groups in total. The van der Waals surface area contributed by atoms with E-state index in [2.05, 4.69) is 24.1 Å². The fraction of sp³-hybridized carbons (Fsp3) is 0.588. The van der Waals surface area contributed by atoms with Gasteiger partial charge in [0.05, 0.1) is 0 Å². The maximum absolute atomic E-state index is 11.1. The van der Waals surface area contributed by atoms with Crippen molar-refractivity contribution in [3.63, 3.8) is 0 Å². The molecule has 21 heavy (non-hydrogen) atoms. The Bertz CT molecular complexity index is 446. The highest BCUT2D eigenvalue weighted by Gasteiger charge is 2.22. The number of nitrogens with two attached hydrogens (primary N) is 1. The molecular formula is C17H27N3O. The SMILES string of the molecule is CCC(CC)N1CCC(Nc2ccc(C(N)=O)cc2)CC1. The first kappa shape index (κ1) is 15.8. The van der Waals surface area contributed by atoms with Crippen LogP contribution in [0.15, 0.2) is 24.3 Å². The Balaban J connectivity index is 1.84. The third kappa shape index (κ3) is 4.21. The number of hydrogen-bond donors (Lipinski definition) is 2. The van der Waals surface area contributed by atoms with Crippen LogP contribution < -0.4 is 11.1 Å². The largest absolute Gasteiger partial charge is 0.382 e. The quantitative estimate of drug-likeness (QED) is 0.846. The second-order valence-corrected chi connectivity index (χ2v) is 5.87. The minimum absolute atomic E-state index is 0.375. The highest BCUT2D eigenvalue weighted by atomic mass is 16.1. The van der Waals surface area contributed by atoms with Gasteiger partial charge in [-0.15, -0.1) is 0 Å². The lowest BCUT2D eigenvalue weighted by Crippen LogP contribution is -2.44. The predicted molar refractivity (Wildman–Crippen MR) is 87.5 cm³/mol. The molecule has 1 fully saturated rings. The summed E-state index contributed by atoms with van der Waals surface area (Å²) in [7, 11) is 0. The summed E-state index contributed by atoms with van der Waals surface area (Å²) < 4.78 is 0. The fourth-order valence-electron chi connectivity index (χ4n) is 3.18. The van der Waals surface area contributed by atoms with Crippen LogP contribution in [0.5, 0.6) is 0 Å². The topological polar surface area (TPSA) is 58.4 Å². The highest BCUT2D eigenvalue weighted by Crippen LogP contribution is 2.20. The maximum atomic E-state index is 11.1. The average molecular weight is 289 g/mol. The number of nitrogens with one attached hydrogen (secondary N) is 1. The molecule has 0 saturated carbocycles. The van der Waals surface area contributed by atoms with Crippen LogP contribution in [0.4, 0.5) is 5.69 Å². The maximum Gasteiger partial charge on any atom is 0.248 e. The number of likely N-dealkylation sites (tertiary alicyclic amines) is 1. The second kappa shape index (κ2) is 7.46. The molecule has 1 saturated heterocycles. The van der Waals surface area contributed by atoms with Gasteiger partial charge < -0.3 is 16.0 Å². The fourth-order valence-corrected chi connectivity index (χ4v) is 3.18. The molecule has 1 aromatic rings. The molecule has 0 atom stereocenters. The zero-order valence-electron chi connectivity index (χ0n) is 13.1. The Hall–Kier alpha value is -1.55. The Kier molecular flexibility index (Phi) is 5.62. The molecule has 0 aromatic heterocycles. The van der Waals surface area contributed by atoms with Crippen molar-refractivity contribution >= 4 is 11.6 Å². The molecule has 0 radical (unpaired) electrons. The van der Waals surface area contributed by atoms with Gasteiger partial charge in [0.2, 0.25) is 5.91 Å². The summed E-state index contributed by atoms with van der Waals surface area (Å²) in [6, 6.07) is 8.70. The van der Waals surface area contributed by atoms with Crippen molar-refractivity contribution in [3.8, 4) is 0 Å². The summed E-state index contributed by atoms with van der Waals surface area (Å²) >= 11 is 0. The van der Waals surface area contributed by atoms with Crippen LogP contribution in [0.25, 0.3) is 0 Å². The molecule has 116 valence electrons. The lowest BCUT2D eigenvalue weighted by molar-refractivity contribution is 0.100. The van der Waals surface area contributed by atoms with Crippen molar-refractivity contribution in [1.29, 1.82) is 0 Å². The van der Waals surface area contributed by atoms with Crippen molar-refractivity contribution in [2.75, 3.05) is 18.4 Å². The smallest absolute Gasteiger partial charge is 0.248 e. The lowest BCUT2D eigenvalue weighted by Gasteiger charge is -2.37. The molecule has 1 aliphatic heterocycles. The van der Waals surface area contributed by atoms with Gasteiger partial charge in [0, 0.05) is 36.4 Å². The van der Waals surface area contributed by atoms with Gasteiger partial charge in [0.15, 0.2) is 0 Å². The number of hydrogen-bond acceptors (Lipinski definition) is 3. The average Bonchev–Trinajstić information content (AvgIpc) is 2.51. The molecule has 1 aliphatic rings. The van der Waals surface area contributed by atoms with E-state index in [4.69, 9.17) is 5.73 Å². The standard InChI is InChI=1S/C17H27N3O/c1-3-16(4-2)20-11-9-15(10-12-20)19-14-7-5-13(6-8-14)17(18)21/h5-8,15-16,19H,3-4,9-12H2,1-2H3,(H2,18,21). The van der Waals surface area contributed by atoms with Gasteiger partial charge in [-0.1, -0.05) is 13.8 Å². The predicted octanol–water partition coefficient (Wildman–Crippen LogP) is 2.85. The van der Waals surface area contributed by atoms with E-state index in [1.165, 1.54) is 38.8 Å². The molecule has 0 bridgehead atoms. The number of nitrogens with zero attached hydrogens (tertiary/aromatic N) is 1. The summed E-state index contributed by atoms with van der Waals surface area (Å²) in [6.45, 7) is 6.89. The highest BCUT2D eigenvalue weighted by molar-refractivity contribution is 5.93. The third-order valence-corrected chi connectivity index (χ3v) is 4.53. The molecule has 4 nitrogen and oxygen atoms in total. The number of carbonyl (C=O) groups is 1. The number of primary amides is 1. The minimum Gasteiger partial charge on any atom is -0.382 e. The van der Waals surface area contributed by atoms with Gasteiger partial charge in [0.25, 0.3) is 0 Å². The molecule has 4 heteroatoms. The molecular weight excluding hydrogens is 262 g/mol. The summed E-state index contributed by atoms with van der Waals surface area (Å²) in [5.41, 5.74) is 6.88. The molecule has 1 amide bonds. The van der Waals surface area contributed by atoms with Crippen LogP contribution in [-0.4, -0.2) is 36.0 Å². The van der Waals surface area contributed by atoms with Gasteiger partial charge in [-0.3, -0.25) is 4.79 Å². The first-order valence-electron chi connectivity index (χ1n) is 8.04. The van der Waals surface area contributed by atoms with Crippen LogP contribution >= 0.6 is 0 Å². The Morgan fingerprint density at radius 1 is 1.24 bits per heavy atom. The van der Waals surface area contributed by atoms with Gasteiger partial charge in [-0.25, -0.2) is 0 Å². The van der Waals surface area contributed by atoms with Crippen LogP contribution in [0.2, 0.25) is 0 Å². The van der Waals surface area contributed by atoms with Crippen molar-refractivity contribution in [2.24, 2.45) is 5.73 Å². The van der Waals surface area contributed by atoms with Gasteiger partial charge in [-0.05, 0) is 49.9 Å². The van der Waals surface area contributed by atoms with Crippen LogP contribution in [-0.2, 0) is 0 Å². The molecule has 0 spiro atoms. The normalized spacial score (nSPS) is 17.1. The first-order chi connectivity index (χ1) is 10.1. The van der Waals surface area contributed by atoms with E-state index in [0.717, 1.165) is 11.7 Å². The molecule has 0 unspecified atom stereocenters. The lowest BCUT2D eigenvalue weighted by atomic mass is 10.0. The first-order valence-corrected chi connectivity index (χ1v) is 8.04. The van der Waals surface area contributed by atoms with Gasteiger partial charge >= 0.3 is 0 Å². The number of carbonyl (C=O) groups excluding carboxylic acids is 1. The minimum atomic E-state index is -0.375. The Labute approximate surface area is 127 Å². The molecule has 1 aromatic carbocycles. The number of rotatable bonds is 6. The zero-order chi connectivity index (χ0) is 15.2.